The van der Waals surface area contributed by atoms with Gasteiger partial charge in [-0.05, 0) is 51.2 Å². The molecule has 0 aliphatic heterocycles. The third kappa shape index (κ3) is 6.42. The lowest BCUT2D eigenvalue weighted by molar-refractivity contribution is -0.136. The second-order valence-electron chi connectivity index (χ2n) is 7.67. The zero-order chi connectivity index (χ0) is 22.5. The van der Waals surface area contributed by atoms with Crippen LogP contribution in [0.25, 0.3) is 10.9 Å². The summed E-state index contributed by atoms with van der Waals surface area (Å²) in [7, 11) is 0. The van der Waals surface area contributed by atoms with E-state index in [4.69, 9.17) is 11.6 Å². The molecule has 0 spiro atoms. The molecule has 0 aliphatic carbocycles. The Hall–Kier alpha value is -2.15. The molecule has 1 heterocycles. The highest BCUT2D eigenvalue weighted by Gasteiger charge is 2.34. The van der Waals surface area contributed by atoms with Gasteiger partial charge in [-0.1, -0.05) is 37.6 Å². The van der Waals surface area contributed by atoms with E-state index >= 15 is 0 Å². The van der Waals surface area contributed by atoms with Crippen LogP contribution in [-0.4, -0.2) is 28.3 Å². The van der Waals surface area contributed by atoms with Crippen molar-refractivity contribution in [2.45, 2.75) is 65.2 Å². The molecule has 1 aromatic carbocycles. The van der Waals surface area contributed by atoms with Gasteiger partial charge in [-0.25, -0.2) is 9.97 Å². The molecule has 0 radical (unpaired) electrons. The number of nitrogens with zero attached hydrogens (tertiary/aromatic N) is 3. The normalized spacial score (nSPS) is 15.3. The number of benzene rings is 1. The van der Waals surface area contributed by atoms with Crippen LogP contribution in [0.2, 0.25) is 5.02 Å². The molecule has 1 aromatic heterocycles. The van der Waals surface area contributed by atoms with Gasteiger partial charge in [-0.3, -0.25) is 4.99 Å². The number of hydrogen-bond donors (Lipinski definition) is 1. The first-order chi connectivity index (χ1) is 14.0. The number of fused-ring (bicyclic) bond motifs is 1. The van der Waals surface area contributed by atoms with Gasteiger partial charge in [0.25, 0.3) is 0 Å². The molecule has 0 fully saturated rings. The minimum absolute atomic E-state index is 0.0212. The molecule has 8 heteroatoms. The molecule has 4 nitrogen and oxygen atoms in total. The van der Waals surface area contributed by atoms with E-state index in [-0.39, 0.29) is 28.0 Å². The third-order valence-electron chi connectivity index (χ3n) is 5.10. The molecule has 0 aliphatic rings. The Bertz CT molecular complexity index is 911. The molecule has 0 saturated carbocycles. The second-order valence-corrected chi connectivity index (χ2v) is 8.10. The number of nitrogens with one attached hydrogen (secondary N) is 1. The van der Waals surface area contributed by atoms with E-state index < -0.39 is 11.7 Å². The molecule has 2 aromatic rings. The van der Waals surface area contributed by atoms with Crippen molar-refractivity contribution in [2.75, 3.05) is 5.32 Å². The topological polar surface area (TPSA) is 50.2 Å². The first-order valence-electron chi connectivity index (χ1n) is 10.0. The molecule has 0 amide bonds. The Labute approximate surface area is 180 Å². The number of aromatic nitrogens is 2. The van der Waals surface area contributed by atoms with E-state index in [2.05, 4.69) is 47.6 Å². The summed E-state index contributed by atoms with van der Waals surface area (Å²) >= 11 is 5.93. The number of alkyl halides is 3. The molecule has 1 N–H and O–H groups in total. The average molecular weight is 441 g/mol. The van der Waals surface area contributed by atoms with Crippen LogP contribution >= 0.6 is 11.6 Å². The zero-order valence-electron chi connectivity index (χ0n) is 17.7. The number of aliphatic imine (C=N–C) groups is 1. The zero-order valence-corrected chi connectivity index (χ0v) is 18.5. The molecule has 3 unspecified atom stereocenters. The SMILES string of the molecule is C=C(CCC(C)N=CC(C)CC)C(C)Nc1ncnc2c(C(F)(F)F)cc(Cl)cc12. The fourth-order valence-electron chi connectivity index (χ4n) is 2.86. The predicted octanol–water partition coefficient (Wildman–Crippen LogP) is 6.94. The van der Waals surface area contributed by atoms with Gasteiger partial charge >= 0.3 is 6.18 Å². The number of anilines is 1. The van der Waals surface area contributed by atoms with Crippen LogP contribution in [0.3, 0.4) is 0 Å². The second kappa shape index (κ2) is 10.2. The van der Waals surface area contributed by atoms with Crippen molar-refractivity contribution >= 4 is 34.5 Å². The van der Waals surface area contributed by atoms with Crippen molar-refractivity contribution in [2.24, 2.45) is 10.9 Å². The molecular weight excluding hydrogens is 413 g/mol. The molecule has 2 rings (SSSR count). The Morgan fingerprint density at radius 2 is 1.97 bits per heavy atom. The average Bonchev–Trinajstić information content (AvgIpc) is 2.69. The third-order valence-corrected chi connectivity index (χ3v) is 5.31. The summed E-state index contributed by atoms with van der Waals surface area (Å²) in [6.07, 6.45) is 1.18. The van der Waals surface area contributed by atoms with Crippen molar-refractivity contribution in [3.63, 3.8) is 0 Å². The standard InChI is InChI=1S/C22H28ClF3N4/c1-6-13(2)11-27-15(4)8-7-14(3)16(5)30-21-18-9-17(23)10-19(22(24,25)26)20(18)28-12-29-21/h9-13,15-16H,3,6-8H2,1-2,4-5H3,(H,28,29,30). The summed E-state index contributed by atoms with van der Waals surface area (Å²) < 4.78 is 40.1. The van der Waals surface area contributed by atoms with Crippen molar-refractivity contribution in [1.29, 1.82) is 0 Å². The number of rotatable bonds is 9. The highest BCUT2D eigenvalue weighted by molar-refractivity contribution is 6.31. The van der Waals surface area contributed by atoms with Crippen LogP contribution in [-0.2, 0) is 6.18 Å². The molecule has 0 saturated heterocycles. The summed E-state index contributed by atoms with van der Waals surface area (Å²) in [5, 5.41) is 3.36. The maximum atomic E-state index is 13.4. The van der Waals surface area contributed by atoms with Crippen molar-refractivity contribution in [3.8, 4) is 0 Å². The van der Waals surface area contributed by atoms with Gasteiger partial charge in [0.2, 0.25) is 0 Å². The molecule has 3 atom stereocenters. The smallest absolute Gasteiger partial charge is 0.363 e. The van der Waals surface area contributed by atoms with E-state index in [0.717, 1.165) is 37.2 Å². The van der Waals surface area contributed by atoms with Gasteiger partial charge in [0.05, 0.1) is 11.1 Å². The van der Waals surface area contributed by atoms with Crippen LogP contribution in [0.15, 0.2) is 35.6 Å². The van der Waals surface area contributed by atoms with E-state index in [1.165, 1.54) is 6.07 Å². The van der Waals surface area contributed by atoms with Gasteiger partial charge in [-0.15, -0.1) is 0 Å². The lowest BCUT2D eigenvalue weighted by Crippen LogP contribution is -2.19. The summed E-state index contributed by atoms with van der Waals surface area (Å²) in [5.74, 6) is 0.750. The predicted molar refractivity (Wildman–Crippen MR) is 118 cm³/mol. The van der Waals surface area contributed by atoms with E-state index in [0.29, 0.717) is 11.7 Å². The van der Waals surface area contributed by atoms with Crippen LogP contribution in [0.4, 0.5) is 19.0 Å². The molecule has 164 valence electrons. The molecular formula is C22H28ClF3N4. The fourth-order valence-corrected chi connectivity index (χ4v) is 3.07. The van der Waals surface area contributed by atoms with Crippen molar-refractivity contribution < 1.29 is 13.2 Å². The summed E-state index contributed by atoms with van der Waals surface area (Å²) in [6, 6.07) is 2.30. The lowest BCUT2D eigenvalue weighted by atomic mass is 10.0. The Morgan fingerprint density at radius 3 is 2.60 bits per heavy atom. The largest absolute Gasteiger partial charge is 0.418 e. The van der Waals surface area contributed by atoms with Gasteiger partial charge < -0.3 is 5.32 Å². The van der Waals surface area contributed by atoms with Gasteiger partial charge in [0.1, 0.15) is 12.1 Å². The maximum absolute atomic E-state index is 13.4. The first-order valence-corrected chi connectivity index (χ1v) is 10.4. The quantitative estimate of drug-likeness (QED) is 0.339. The summed E-state index contributed by atoms with van der Waals surface area (Å²) in [6.45, 7) is 12.3. The van der Waals surface area contributed by atoms with Crippen LogP contribution < -0.4 is 5.32 Å². The monoisotopic (exact) mass is 440 g/mol. The van der Waals surface area contributed by atoms with E-state index in [1.54, 1.807) is 0 Å². The summed E-state index contributed by atoms with van der Waals surface area (Å²) in [5.41, 5.74) is -0.143. The molecule has 0 bridgehead atoms. The van der Waals surface area contributed by atoms with Crippen molar-refractivity contribution in [1.82, 2.24) is 9.97 Å². The molecule has 30 heavy (non-hydrogen) atoms. The Morgan fingerprint density at radius 1 is 1.27 bits per heavy atom. The summed E-state index contributed by atoms with van der Waals surface area (Å²) in [4.78, 5) is 12.5. The van der Waals surface area contributed by atoms with E-state index in [9.17, 15) is 13.2 Å². The fraction of sp³-hybridized carbons (Fsp3) is 0.500. The lowest BCUT2D eigenvalue weighted by Gasteiger charge is -2.20. The van der Waals surface area contributed by atoms with E-state index in [1.807, 2.05) is 13.1 Å². The number of hydrogen-bond acceptors (Lipinski definition) is 4. The highest BCUT2D eigenvalue weighted by Crippen LogP contribution is 2.37. The van der Waals surface area contributed by atoms with Gasteiger partial charge in [0.15, 0.2) is 0 Å². The number of halogens is 4. The first kappa shape index (κ1) is 24.1. The Kier molecular flexibility index (Phi) is 8.24. The van der Waals surface area contributed by atoms with Crippen LogP contribution in [0.1, 0.15) is 52.5 Å². The van der Waals surface area contributed by atoms with Crippen molar-refractivity contribution in [3.05, 3.63) is 41.2 Å². The van der Waals surface area contributed by atoms with Crippen LogP contribution in [0, 0.1) is 5.92 Å². The van der Waals surface area contributed by atoms with Crippen LogP contribution in [0.5, 0.6) is 0 Å². The Balaban J connectivity index is 2.13. The highest BCUT2D eigenvalue weighted by atomic mass is 35.5. The minimum Gasteiger partial charge on any atom is -0.363 e. The maximum Gasteiger partial charge on any atom is 0.418 e. The van der Waals surface area contributed by atoms with Gasteiger partial charge in [-0.2, -0.15) is 13.2 Å². The minimum atomic E-state index is -4.56. The van der Waals surface area contributed by atoms with Gasteiger partial charge in [0, 0.05) is 28.7 Å².